The van der Waals surface area contributed by atoms with Gasteiger partial charge in [0.25, 0.3) is 0 Å². The van der Waals surface area contributed by atoms with Gasteiger partial charge in [-0.1, -0.05) is 18.2 Å². The fraction of sp³-hybridized carbons (Fsp3) is 0.214. The molecule has 0 radical (unpaired) electrons. The average Bonchev–Trinajstić information content (AvgIpc) is 2.41. The summed E-state index contributed by atoms with van der Waals surface area (Å²) in [6, 6.07) is 10.6. The quantitative estimate of drug-likeness (QED) is 0.898. The van der Waals surface area contributed by atoms with Crippen LogP contribution in [0.15, 0.2) is 42.6 Å². The van der Waals surface area contributed by atoms with Crippen LogP contribution in [-0.2, 0) is 13.1 Å². The second kappa shape index (κ2) is 5.60. The highest BCUT2D eigenvalue weighted by Crippen LogP contribution is 2.19. The number of aromatic nitrogens is 1. The number of benzene rings is 1. The standard InChI is InChI=1S/C14H16FN3/c1-18(10-11-5-2-3-6-12(11)15)14-7-4-8-17-13(14)9-16/h2-8H,9-10,16H2,1H3. The topological polar surface area (TPSA) is 42.2 Å². The van der Waals surface area contributed by atoms with Crippen molar-refractivity contribution in [1.29, 1.82) is 0 Å². The molecule has 0 amide bonds. The first kappa shape index (κ1) is 12.5. The Morgan fingerprint density at radius 3 is 2.72 bits per heavy atom. The highest BCUT2D eigenvalue weighted by atomic mass is 19.1. The lowest BCUT2D eigenvalue weighted by Crippen LogP contribution is -2.20. The summed E-state index contributed by atoms with van der Waals surface area (Å²) in [5, 5.41) is 0. The van der Waals surface area contributed by atoms with Gasteiger partial charge in [-0.3, -0.25) is 4.98 Å². The van der Waals surface area contributed by atoms with Crippen LogP contribution < -0.4 is 10.6 Å². The molecule has 1 aromatic carbocycles. The summed E-state index contributed by atoms with van der Waals surface area (Å²) in [4.78, 5) is 6.17. The van der Waals surface area contributed by atoms with E-state index in [1.165, 1.54) is 6.07 Å². The molecule has 2 N–H and O–H groups in total. The fourth-order valence-electron chi connectivity index (χ4n) is 1.90. The summed E-state index contributed by atoms with van der Waals surface area (Å²) >= 11 is 0. The molecule has 1 aromatic heterocycles. The summed E-state index contributed by atoms with van der Waals surface area (Å²) in [6.45, 7) is 0.864. The molecular formula is C14H16FN3. The number of pyridine rings is 1. The Hall–Kier alpha value is -1.94. The Labute approximate surface area is 106 Å². The number of anilines is 1. The number of hydrogen-bond acceptors (Lipinski definition) is 3. The van der Waals surface area contributed by atoms with Crippen molar-refractivity contribution in [1.82, 2.24) is 4.98 Å². The Balaban J connectivity index is 2.22. The minimum Gasteiger partial charge on any atom is -0.369 e. The number of nitrogens with zero attached hydrogens (tertiary/aromatic N) is 2. The number of nitrogens with two attached hydrogens (primary N) is 1. The predicted octanol–water partition coefficient (Wildman–Crippen LogP) is 2.32. The molecule has 0 spiro atoms. The molecule has 0 saturated heterocycles. The van der Waals surface area contributed by atoms with Crippen LogP contribution in [0.25, 0.3) is 0 Å². The van der Waals surface area contributed by atoms with Gasteiger partial charge in [0.05, 0.1) is 11.4 Å². The molecule has 0 bridgehead atoms. The largest absolute Gasteiger partial charge is 0.369 e. The highest BCUT2D eigenvalue weighted by molar-refractivity contribution is 5.50. The van der Waals surface area contributed by atoms with Gasteiger partial charge in [0.1, 0.15) is 5.82 Å². The maximum Gasteiger partial charge on any atom is 0.128 e. The molecule has 1 heterocycles. The smallest absolute Gasteiger partial charge is 0.128 e. The molecule has 3 nitrogen and oxygen atoms in total. The minimum atomic E-state index is -0.192. The molecule has 0 saturated carbocycles. The first-order valence-corrected chi connectivity index (χ1v) is 5.81. The fourth-order valence-corrected chi connectivity index (χ4v) is 1.90. The van der Waals surface area contributed by atoms with Crippen molar-refractivity contribution in [2.45, 2.75) is 13.1 Å². The van der Waals surface area contributed by atoms with E-state index < -0.39 is 0 Å². The lowest BCUT2D eigenvalue weighted by molar-refractivity contribution is 0.607. The lowest BCUT2D eigenvalue weighted by atomic mass is 10.2. The van der Waals surface area contributed by atoms with E-state index >= 15 is 0 Å². The third kappa shape index (κ3) is 2.65. The van der Waals surface area contributed by atoms with E-state index in [0.717, 1.165) is 11.4 Å². The van der Waals surface area contributed by atoms with Crippen molar-refractivity contribution in [3.63, 3.8) is 0 Å². The molecule has 0 aliphatic carbocycles. The second-order valence-corrected chi connectivity index (χ2v) is 4.12. The van der Waals surface area contributed by atoms with Crippen LogP contribution in [0.3, 0.4) is 0 Å². The Bertz CT molecular complexity index is 528. The third-order valence-corrected chi connectivity index (χ3v) is 2.84. The van der Waals surface area contributed by atoms with Gasteiger partial charge < -0.3 is 10.6 Å². The van der Waals surface area contributed by atoms with Gasteiger partial charge in [-0.2, -0.15) is 0 Å². The third-order valence-electron chi connectivity index (χ3n) is 2.84. The highest BCUT2D eigenvalue weighted by Gasteiger charge is 2.09. The maximum absolute atomic E-state index is 13.6. The van der Waals surface area contributed by atoms with Crippen molar-refractivity contribution in [2.24, 2.45) is 5.73 Å². The van der Waals surface area contributed by atoms with Crippen LogP contribution in [0.5, 0.6) is 0 Å². The summed E-state index contributed by atoms with van der Waals surface area (Å²) in [5.41, 5.74) is 8.06. The molecule has 2 aromatic rings. The number of halogens is 1. The average molecular weight is 245 g/mol. The van der Waals surface area contributed by atoms with E-state index in [9.17, 15) is 4.39 Å². The zero-order chi connectivity index (χ0) is 13.0. The maximum atomic E-state index is 13.6. The number of hydrogen-bond donors (Lipinski definition) is 1. The van der Waals surface area contributed by atoms with Gasteiger partial charge >= 0.3 is 0 Å². The van der Waals surface area contributed by atoms with Crippen LogP contribution in [0.1, 0.15) is 11.3 Å². The summed E-state index contributed by atoms with van der Waals surface area (Å²) in [5.74, 6) is -0.192. The zero-order valence-electron chi connectivity index (χ0n) is 10.3. The van der Waals surface area contributed by atoms with Gasteiger partial charge in [0, 0.05) is 31.9 Å². The van der Waals surface area contributed by atoms with Gasteiger partial charge in [-0.15, -0.1) is 0 Å². The van der Waals surface area contributed by atoms with Crippen molar-refractivity contribution in [3.8, 4) is 0 Å². The predicted molar refractivity (Wildman–Crippen MR) is 70.6 cm³/mol. The van der Waals surface area contributed by atoms with Crippen LogP contribution in [-0.4, -0.2) is 12.0 Å². The SMILES string of the molecule is CN(Cc1ccccc1F)c1cccnc1CN. The van der Waals surface area contributed by atoms with Gasteiger partial charge in [-0.05, 0) is 18.2 Å². The van der Waals surface area contributed by atoms with Gasteiger partial charge in [-0.25, -0.2) is 4.39 Å². The number of rotatable bonds is 4. The lowest BCUT2D eigenvalue weighted by Gasteiger charge is -2.21. The monoisotopic (exact) mass is 245 g/mol. The zero-order valence-corrected chi connectivity index (χ0v) is 10.3. The van der Waals surface area contributed by atoms with Crippen LogP contribution in [0.2, 0.25) is 0 Å². The van der Waals surface area contributed by atoms with Crippen molar-refractivity contribution >= 4 is 5.69 Å². The molecule has 0 aliphatic rings. The van der Waals surface area contributed by atoms with Crippen molar-refractivity contribution < 1.29 is 4.39 Å². The molecular weight excluding hydrogens is 229 g/mol. The van der Waals surface area contributed by atoms with E-state index in [4.69, 9.17) is 5.73 Å². The molecule has 0 fully saturated rings. The Morgan fingerprint density at radius 2 is 2.00 bits per heavy atom. The van der Waals surface area contributed by atoms with Gasteiger partial charge in [0.15, 0.2) is 0 Å². The summed E-state index contributed by atoms with van der Waals surface area (Å²) in [6.07, 6.45) is 1.71. The van der Waals surface area contributed by atoms with E-state index in [0.29, 0.717) is 18.7 Å². The second-order valence-electron chi connectivity index (χ2n) is 4.12. The van der Waals surface area contributed by atoms with E-state index in [-0.39, 0.29) is 5.82 Å². The molecule has 0 aliphatic heterocycles. The van der Waals surface area contributed by atoms with Crippen LogP contribution >= 0.6 is 0 Å². The molecule has 4 heteroatoms. The molecule has 2 rings (SSSR count). The normalized spacial score (nSPS) is 10.4. The summed E-state index contributed by atoms with van der Waals surface area (Å²) < 4.78 is 13.6. The van der Waals surface area contributed by atoms with E-state index in [1.807, 2.05) is 30.1 Å². The summed E-state index contributed by atoms with van der Waals surface area (Å²) in [7, 11) is 1.91. The minimum absolute atomic E-state index is 0.192. The van der Waals surface area contributed by atoms with Gasteiger partial charge in [0.2, 0.25) is 0 Å². The van der Waals surface area contributed by atoms with Crippen LogP contribution in [0.4, 0.5) is 10.1 Å². The van der Waals surface area contributed by atoms with E-state index in [1.54, 1.807) is 18.3 Å². The Morgan fingerprint density at radius 1 is 1.22 bits per heavy atom. The first-order chi connectivity index (χ1) is 8.72. The Kier molecular flexibility index (Phi) is 3.89. The van der Waals surface area contributed by atoms with Crippen LogP contribution in [0, 0.1) is 5.82 Å². The first-order valence-electron chi connectivity index (χ1n) is 5.81. The van der Waals surface area contributed by atoms with E-state index in [2.05, 4.69) is 4.98 Å². The molecule has 0 atom stereocenters. The molecule has 18 heavy (non-hydrogen) atoms. The molecule has 94 valence electrons. The van der Waals surface area contributed by atoms with Crippen molar-refractivity contribution in [3.05, 3.63) is 59.7 Å². The van der Waals surface area contributed by atoms with Crippen molar-refractivity contribution in [2.75, 3.05) is 11.9 Å². The molecule has 0 unspecified atom stereocenters.